The molecule has 0 aliphatic heterocycles. The predicted molar refractivity (Wildman–Crippen MR) is 51.6 cm³/mol. The Kier molecular flexibility index (Phi) is 3.19. The highest BCUT2D eigenvalue weighted by Crippen LogP contribution is 2.41. The van der Waals surface area contributed by atoms with E-state index in [0.29, 0.717) is 6.29 Å². The number of hydrogen-bond donors (Lipinski definition) is 1. The second-order valence-corrected chi connectivity index (χ2v) is 2.85. The first-order valence-electron chi connectivity index (χ1n) is 3.74. The topological polar surface area (TPSA) is 55.8 Å². The summed E-state index contributed by atoms with van der Waals surface area (Å²) < 4.78 is 9.77. The van der Waals surface area contributed by atoms with Crippen LogP contribution in [0.5, 0.6) is 17.2 Å². The van der Waals surface area contributed by atoms with Crippen LogP contribution in [0.15, 0.2) is 6.07 Å². The average molecular weight is 217 g/mol. The van der Waals surface area contributed by atoms with Crippen molar-refractivity contribution in [2.75, 3.05) is 14.2 Å². The van der Waals surface area contributed by atoms with E-state index < -0.39 is 0 Å². The van der Waals surface area contributed by atoms with E-state index in [9.17, 15) is 9.90 Å². The van der Waals surface area contributed by atoms with Gasteiger partial charge in [0.2, 0.25) is 0 Å². The Labute approximate surface area is 86.0 Å². The number of carbonyl (C=O) groups is 1. The molecule has 0 saturated carbocycles. The molecule has 0 bridgehead atoms. The van der Waals surface area contributed by atoms with Crippen molar-refractivity contribution < 1.29 is 19.4 Å². The van der Waals surface area contributed by atoms with Gasteiger partial charge in [-0.1, -0.05) is 11.6 Å². The molecule has 1 aromatic rings. The number of aromatic hydroxyl groups is 1. The molecule has 0 atom stereocenters. The van der Waals surface area contributed by atoms with Crippen molar-refractivity contribution in [1.82, 2.24) is 0 Å². The summed E-state index contributed by atoms with van der Waals surface area (Å²) in [5.74, 6) is 0.142. The SMILES string of the molecule is COc1cc(O)c(C=O)c(OC)c1Cl. The summed E-state index contributed by atoms with van der Waals surface area (Å²) in [4.78, 5) is 10.6. The fourth-order valence-corrected chi connectivity index (χ4v) is 1.38. The minimum atomic E-state index is -0.224. The van der Waals surface area contributed by atoms with Crippen LogP contribution in [-0.2, 0) is 0 Å². The van der Waals surface area contributed by atoms with Gasteiger partial charge in [0, 0.05) is 6.07 Å². The quantitative estimate of drug-likeness (QED) is 0.784. The standard InChI is InChI=1S/C9H9ClO4/c1-13-7-3-6(12)5(4-11)9(14-2)8(7)10/h3-4,12H,1-2H3. The van der Waals surface area contributed by atoms with Crippen LogP contribution in [-0.4, -0.2) is 25.6 Å². The zero-order valence-electron chi connectivity index (χ0n) is 7.70. The summed E-state index contributed by atoms with van der Waals surface area (Å²) in [6.45, 7) is 0. The van der Waals surface area contributed by atoms with Crippen molar-refractivity contribution in [2.24, 2.45) is 0 Å². The Balaban J connectivity index is 3.47. The first kappa shape index (κ1) is 10.7. The van der Waals surface area contributed by atoms with E-state index in [-0.39, 0.29) is 27.8 Å². The van der Waals surface area contributed by atoms with Gasteiger partial charge >= 0.3 is 0 Å². The molecule has 0 aliphatic rings. The average Bonchev–Trinajstić information content (AvgIpc) is 2.20. The molecule has 0 fully saturated rings. The lowest BCUT2D eigenvalue weighted by Crippen LogP contribution is -1.95. The van der Waals surface area contributed by atoms with E-state index in [2.05, 4.69) is 0 Å². The molecule has 0 aliphatic carbocycles. The molecule has 0 saturated heterocycles. The highest BCUT2D eigenvalue weighted by Gasteiger charge is 2.17. The van der Waals surface area contributed by atoms with E-state index in [0.717, 1.165) is 0 Å². The maximum absolute atomic E-state index is 10.6. The number of aldehydes is 1. The number of hydrogen-bond acceptors (Lipinski definition) is 4. The van der Waals surface area contributed by atoms with Crippen molar-refractivity contribution in [3.8, 4) is 17.2 Å². The molecule has 0 spiro atoms. The molecule has 0 radical (unpaired) electrons. The normalized spacial score (nSPS) is 9.64. The second kappa shape index (κ2) is 4.19. The summed E-state index contributed by atoms with van der Waals surface area (Å²) in [7, 11) is 2.76. The number of halogens is 1. The third-order valence-corrected chi connectivity index (χ3v) is 2.10. The van der Waals surface area contributed by atoms with E-state index in [1.54, 1.807) is 0 Å². The summed E-state index contributed by atoms with van der Waals surface area (Å²) in [5.41, 5.74) is 0.0123. The van der Waals surface area contributed by atoms with Gasteiger partial charge in [0.15, 0.2) is 12.0 Å². The van der Waals surface area contributed by atoms with E-state index in [4.69, 9.17) is 21.1 Å². The molecule has 14 heavy (non-hydrogen) atoms. The lowest BCUT2D eigenvalue weighted by molar-refractivity contribution is 0.111. The van der Waals surface area contributed by atoms with Gasteiger partial charge in [0.05, 0.1) is 19.8 Å². The van der Waals surface area contributed by atoms with Crippen LogP contribution in [0, 0.1) is 0 Å². The van der Waals surface area contributed by atoms with Crippen molar-refractivity contribution in [3.05, 3.63) is 16.7 Å². The molecule has 0 aromatic heterocycles. The largest absolute Gasteiger partial charge is 0.507 e. The van der Waals surface area contributed by atoms with Crippen LogP contribution < -0.4 is 9.47 Å². The summed E-state index contributed by atoms with van der Waals surface area (Å²) in [5, 5.41) is 9.57. The molecule has 0 amide bonds. The predicted octanol–water partition coefficient (Wildman–Crippen LogP) is 1.88. The summed E-state index contributed by atoms with van der Waals surface area (Å²) in [6.07, 6.45) is 0.472. The second-order valence-electron chi connectivity index (χ2n) is 2.48. The number of benzene rings is 1. The molecule has 0 heterocycles. The minimum Gasteiger partial charge on any atom is -0.507 e. The zero-order chi connectivity index (χ0) is 10.7. The van der Waals surface area contributed by atoms with Crippen molar-refractivity contribution >= 4 is 17.9 Å². The Morgan fingerprint density at radius 1 is 1.43 bits per heavy atom. The summed E-state index contributed by atoms with van der Waals surface area (Å²) in [6, 6.07) is 1.26. The van der Waals surface area contributed by atoms with E-state index in [1.807, 2.05) is 0 Å². The van der Waals surface area contributed by atoms with E-state index in [1.165, 1.54) is 20.3 Å². The number of ether oxygens (including phenoxy) is 2. The van der Waals surface area contributed by atoms with Crippen LogP contribution in [0.3, 0.4) is 0 Å². The molecule has 0 unspecified atom stereocenters. The van der Waals surface area contributed by atoms with Gasteiger partial charge < -0.3 is 14.6 Å². The van der Waals surface area contributed by atoms with Gasteiger partial charge in [0.1, 0.15) is 16.5 Å². The Morgan fingerprint density at radius 2 is 2.07 bits per heavy atom. The van der Waals surface area contributed by atoms with Crippen LogP contribution >= 0.6 is 11.6 Å². The first-order valence-corrected chi connectivity index (χ1v) is 4.12. The Hall–Kier alpha value is -1.42. The number of carbonyl (C=O) groups excluding carboxylic acids is 1. The number of phenolic OH excluding ortho intramolecular Hbond substituents is 1. The molecular formula is C9H9ClO4. The van der Waals surface area contributed by atoms with Gasteiger partial charge in [-0.3, -0.25) is 4.79 Å². The lowest BCUT2D eigenvalue weighted by atomic mass is 10.2. The van der Waals surface area contributed by atoms with Gasteiger partial charge in [-0.05, 0) is 0 Å². The molecular weight excluding hydrogens is 208 g/mol. The monoisotopic (exact) mass is 216 g/mol. The number of rotatable bonds is 3. The summed E-state index contributed by atoms with van der Waals surface area (Å²) >= 11 is 5.84. The van der Waals surface area contributed by atoms with E-state index >= 15 is 0 Å². The van der Waals surface area contributed by atoms with Gasteiger partial charge in [-0.15, -0.1) is 0 Å². The fraction of sp³-hybridized carbons (Fsp3) is 0.222. The minimum absolute atomic E-state index is 0.0123. The van der Waals surface area contributed by atoms with Crippen LogP contribution in [0.2, 0.25) is 5.02 Å². The number of phenols is 1. The van der Waals surface area contributed by atoms with Crippen LogP contribution in [0.4, 0.5) is 0 Å². The van der Waals surface area contributed by atoms with Crippen molar-refractivity contribution in [3.63, 3.8) is 0 Å². The van der Waals surface area contributed by atoms with Gasteiger partial charge in [0.25, 0.3) is 0 Å². The van der Waals surface area contributed by atoms with Gasteiger partial charge in [-0.25, -0.2) is 0 Å². The Bertz CT molecular complexity index is 362. The molecule has 76 valence electrons. The lowest BCUT2D eigenvalue weighted by Gasteiger charge is -2.11. The Morgan fingerprint density at radius 3 is 2.50 bits per heavy atom. The van der Waals surface area contributed by atoms with Crippen molar-refractivity contribution in [2.45, 2.75) is 0 Å². The van der Waals surface area contributed by atoms with Crippen LogP contribution in [0.25, 0.3) is 0 Å². The fourth-order valence-electron chi connectivity index (χ4n) is 1.07. The highest BCUT2D eigenvalue weighted by atomic mass is 35.5. The molecule has 1 aromatic carbocycles. The smallest absolute Gasteiger partial charge is 0.157 e. The third kappa shape index (κ3) is 1.61. The number of methoxy groups -OCH3 is 2. The van der Waals surface area contributed by atoms with Gasteiger partial charge in [-0.2, -0.15) is 0 Å². The zero-order valence-corrected chi connectivity index (χ0v) is 8.46. The maximum Gasteiger partial charge on any atom is 0.157 e. The maximum atomic E-state index is 10.6. The first-order chi connectivity index (χ1) is 6.65. The molecule has 5 heteroatoms. The molecule has 1 N–H and O–H groups in total. The third-order valence-electron chi connectivity index (χ3n) is 1.75. The highest BCUT2D eigenvalue weighted by molar-refractivity contribution is 6.34. The van der Waals surface area contributed by atoms with Crippen LogP contribution in [0.1, 0.15) is 10.4 Å². The molecule has 4 nitrogen and oxygen atoms in total. The molecule has 1 rings (SSSR count). The van der Waals surface area contributed by atoms with Crippen molar-refractivity contribution in [1.29, 1.82) is 0 Å².